The molecule has 2 aromatic carbocycles. The molecule has 0 aromatic heterocycles. The Morgan fingerprint density at radius 1 is 0.923 bits per heavy atom. The van der Waals surface area contributed by atoms with Crippen molar-refractivity contribution in [3.63, 3.8) is 0 Å². The third kappa shape index (κ3) is 5.37. The molecule has 0 aliphatic carbocycles. The van der Waals surface area contributed by atoms with Crippen LogP contribution in [0, 0.1) is 0 Å². The fourth-order valence-electron chi connectivity index (χ4n) is 2.47. The van der Waals surface area contributed by atoms with E-state index in [2.05, 4.69) is 4.94 Å². The van der Waals surface area contributed by atoms with Gasteiger partial charge in [-0.2, -0.15) is 0 Å². The lowest BCUT2D eigenvalue weighted by Gasteiger charge is -2.12. The van der Waals surface area contributed by atoms with Gasteiger partial charge in [0.2, 0.25) is 0 Å². The van der Waals surface area contributed by atoms with E-state index in [1.165, 1.54) is 12.1 Å². The zero-order chi connectivity index (χ0) is 18.8. The van der Waals surface area contributed by atoms with Crippen molar-refractivity contribution in [2.75, 3.05) is 13.3 Å². The molecule has 0 unspecified atom stereocenters. The number of aryl methyl sites for hydroxylation is 1. The number of benzene rings is 2. The fourth-order valence-corrected chi connectivity index (χ4v) is 2.47. The number of carbonyl (C=O) groups excluding carboxylic acids is 1. The van der Waals surface area contributed by atoms with Crippen molar-refractivity contribution in [1.29, 1.82) is 0 Å². The summed E-state index contributed by atoms with van der Waals surface area (Å²) in [6, 6.07) is 14.8. The van der Waals surface area contributed by atoms with Crippen molar-refractivity contribution in [3.8, 4) is 5.75 Å². The molecule has 0 aliphatic rings. The van der Waals surface area contributed by atoms with Crippen molar-refractivity contribution < 1.29 is 27.8 Å². The van der Waals surface area contributed by atoms with Crippen LogP contribution in [0.1, 0.15) is 24.0 Å². The summed E-state index contributed by atoms with van der Waals surface area (Å²) >= 11 is 0. The number of allylic oxidation sites excluding steroid dienone is 1. The van der Waals surface area contributed by atoms with Gasteiger partial charge in [-0.25, -0.2) is 14.1 Å². The van der Waals surface area contributed by atoms with E-state index in [0.29, 0.717) is 12.2 Å². The first-order valence-corrected chi connectivity index (χ1v) is 8.19. The lowest BCUT2D eigenvalue weighted by molar-refractivity contribution is -0.175. The minimum Gasteiger partial charge on any atom is -0.458 e. The summed E-state index contributed by atoms with van der Waals surface area (Å²) in [5, 5.41) is 0. The molecular weight excluding hydrogens is 345 g/mol. The highest BCUT2D eigenvalue weighted by Crippen LogP contribution is 2.25. The van der Waals surface area contributed by atoms with Crippen LogP contribution >= 0.6 is 0 Å². The van der Waals surface area contributed by atoms with Crippen LogP contribution in [0.25, 0.3) is 5.57 Å². The molecule has 138 valence electrons. The molecule has 26 heavy (non-hydrogen) atoms. The summed E-state index contributed by atoms with van der Waals surface area (Å²) < 4.78 is 43.6. The van der Waals surface area contributed by atoms with Crippen LogP contribution < -0.4 is 4.74 Å². The molecule has 0 aliphatic heterocycles. The molecule has 0 heterocycles. The van der Waals surface area contributed by atoms with Gasteiger partial charge >= 0.3 is 5.97 Å². The molecule has 2 aromatic rings. The zero-order valence-electron chi connectivity index (χ0n) is 14.1. The SMILES string of the molecule is O=C(OF)C(=C(CF)Oc1ccc(CCCCF)cc1)c1ccccc1. The Balaban J connectivity index is 2.24. The van der Waals surface area contributed by atoms with Crippen LogP contribution in [-0.4, -0.2) is 19.3 Å². The molecule has 0 saturated heterocycles. The van der Waals surface area contributed by atoms with E-state index < -0.39 is 12.6 Å². The average Bonchev–Trinajstić information content (AvgIpc) is 2.69. The summed E-state index contributed by atoms with van der Waals surface area (Å²) in [5.74, 6) is -1.37. The lowest BCUT2D eigenvalue weighted by Crippen LogP contribution is -2.11. The summed E-state index contributed by atoms with van der Waals surface area (Å²) in [6.07, 6.45) is 1.95. The molecule has 0 saturated carbocycles. The normalized spacial score (nSPS) is 11.7. The van der Waals surface area contributed by atoms with Crippen LogP contribution in [0.15, 0.2) is 60.4 Å². The highest BCUT2D eigenvalue weighted by molar-refractivity contribution is 6.17. The average molecular weight is 364 g/mol. The smallest absolute Gasteiger partial charge is 0.383 e. The fraction of sp³-hybridized carbons (Fsp3) is 0.250. The molecule has 0 atom stereocenters. The molecule has 0 bridgehead atoms. The maximum atomic E-state index is 13.5. The molecule has 0 spiro atoms. The Hall–Kier alpha value is -2.76. The Labute approximate surface area is 150 Å². The van der Waals surface area contributed by atoms with Crippen molar-refractivity contribution in [2.24, 2.45) is 0 Å². The predicted molar refractivity (Wildman–Crippen MR) is 92.5 cm³/mol. The second-order valence-corrected chi connectivity index (χ2v) is 5.55. The molecule has 0 N–H and O–H groups in total. The monoisotopic (exact) mass is 364 g/mol. The van der Waals surface area contributed by atoms with E-state index in [4.69, 9.17) is 4.74 Å². The number of hydrogen-bond donors (Lipinski definition) is 0. The second-order valence-electron chi connectivity index (χ2n) is 5.55. The van der Waals surface area contributed by atoms with Crippen LogP contribution in [0.3, 0.4) is 0 Å². The van der Waals surface area contributed by atoms with Gasteiger partial charge in [-0.05, 0) is 42.5 Å². The first-order valence-electron chi connectivity index (χ1n) is 8.19. The largest absolute Gasteiger partial charge is 0.458 e. The molecule has 0 fully saturated rings. The second kappa shape index (κ2) is 10.3. The Kier molecular flexibility index (Phi) is 7.74. The minimum atomic E-state index is -1.33. The Bertz CT molecular complexity index is 728. The predicted octanol–water partition coefficient (Wildman–Crippen LogP) is 5.17. The number of unbranched alkanes of at least 4 members (excludes halogenated alkanes) is 1. The van der Waals surface area contributed by atoms with Gasteiger partial charge in [0.1, 0.15) is 18.0 Å². The van der Waals surface area contributed by atoms with Gasteiger partial charge in [0, 0.05) is 4.53 Å². The van der Waals surface area contributed by atoms with Crippen LogP contribution in [0.2, 0.25) is 0 Å². The summed E-state index contributed by atoms with van der Waals surface area (Å²) in [7, 11) is 0. The van der Waals surface area contributed by atoms with Crippen molar-refractivity contribution in [2.45, 2.75) is 19.3 Å². The van der Waals surface area contributed by atoms with Gasteiger partial charge in [0.25, 0.3) is 0 Å². The standard InChI is InChI=1S/C20H19F3O3/c21-13-5-4-6-15-9-11-17(12-10-15)25-18(14-22)19(20(24)26-23)16-7-2-1-3-8-16/h1-3,7-12H,4-6,13-14H2. The Morgan fingerprint density at radius 2 is 1.62 bits per heavy atom. The summed E-state index contributed by atoms with van der Waals surface area (Å²) in [6.45, 7) is -1.46. The highest BCUT2D eigenvalue weighted by atomic mass is 19.3. The Morgan fingerprint density at radius 3 is 2.19 bits per heavy atom. The van der Waals surface area contributed by atoms with Crippen LogP contribution in [-0.2, 0) is 16.2 Å². The van der Waals surface area contributed by atoms with E-state index in [1.807, 2.05) is 0 Å². The van der Waals surface area contributed by atoms with Gasteiger partial charge in [-0.1, -0.05) is 42.5 Å². The topological polar surface area (TPSA) is 35.5 Å². The van der Waals surface area contributed by atoms with Crippen molar-refractivity contribution in [3.05, 3.63) is 71.5 Å². The third-order valence-corrected chi connectivity index (χ3v) is 3.75. The zero-order valence-corrected chi connectivity index (χ0v) is 14.1. The third-order valence-electron chi connectivity index (χ3n) is 3.75. The maximum Gasteiger partial charge on any atom is 0.383 e. The van der Waals surface area contributed by atoms with Gasteiger partial charge in [0.15, 0.2) is 5.76 Å². The van der Waals surface area contributed by atoms with Gasteiger partial charge < -0.3 is 4.74 Å². The van der Waals surface area contributed by atoms with E-state index >= 15 is 0 Å². The lowest BCUT2D eigenvalue weighted by atomic mass is 10.0. The molecule has 0 radical (unpaired) electrons. The minimum absolute atomic E-state index is 0.283. The number of carbonyl (C=O) groups is 1. The van der Waals surface area contributed by atoms with Gasteiger partial charge in [-0.3, -0.25) is 4.39 Å². The van der Waals surface area contributed by atoms with Gasteiger partial charge in [0.05, 0.1) is 6.67 Å². The molecule has 3 nitrogen and oxygen atoms in total. The summed E-state index contributed by atoms with van der Waals surface area (Å²) in [5.41, 5.74) is 0.955. The molecule has 6 heteroatoms. The molecular formula is C20H19F3O3. The van der Waals surface area contributed by atoms with Crippen molar-refractivity contribution >= 4 is 11.5 Å². The molecule has 2 rings (SSSR count). The highest BCUT2D eigenvalue weighted by Gasteiger charge is 2.22. The number of alkyl halides is 2. The number of halogens is 3. The van der Waals surface area contributed by atoms with E-state index in [9.17, 15) is 18.1 Å². The van der Waals surface area contributed by atoms with E-state index in [-0.39, 0.29) is 23.6 Å². The van der Waals surface area contributed by atoms with Crippen molar-refractivity contribution in [1.82, 2.24) is 0 Å². The number of hydrogen-bond acceptors (Lipinski definition) is 3. The van der Waals surface area contributed by atoms with E-state index in [1.54, 1.807) is 42.5 Å². The maximum absolute atomic E-state index is 13.5. The first kappa shape index (κ1) is 19.6. The number of rotatable bonds is 9. The number of ether oxygens (including phenoxy) is 1. The quantitative estimate of drug-likeness (QED) is 0.350. The molecule has 0 amide bonds. The van der Waals surface area contributed by atoms with E-state index in [0.717, 1.165) is 18.4 Å². The summed E-state index contributed by atoms with van der Waals surface area (Å²) in [4.78, 5) is 15.1. The van der Waals surface area contributed by atoms with Gasteiger partial charge in [-0.15, -0.1) is 0 Å². The first-order chi connectivity index (χ1) is 12.7. The van der Waals surface area contributed by atoms with Crippen LogP contribution in [0.4, 0.5) is 13.3 Å². The van der Waals surface area contributed by atoms with Crippen LogP contribution in [0.5, 0.6) is 5.75 Å².